The van der Waals surface area contributed by atoms with Crippen molar-refractivity contribution in [3.63, 3.8) is 0 Å². The average Bonchev–Trinajstić information content (AvgIpc) is 2.59. The van der Waals surface area contributed by atoms with Gasteiger partial charge in [0.05, 0.1) is 5.75 Å². The maximum Gasteiger partial charge on any atom is 0.268 e. The zero-order chi connectivity index (χ0) is 19.3. The van der Waals surface area contributed by atoms with Gasteiger partial charge in [-0.2, -0.15) is 8.42 Å². The molecule has 0 saturated heterocycles. The number of unbranched alkanes of at least 4 members (excludes halogenated alkanes) is 17. The molecule has 156 valence electrons. The van der Waals surface area contributed by atoms with Gasteiger partial charge in [-0.1, -0.05) is 122 Å². The molecule has 0 atom stereocenters. The van der Waals surface area contributed by atoms with E-state index in [0.29, 0.717) is 0 Å². The SMILES string of the molecule is CCCCCCCCCCCCCCCCCCCC=CCS(=O)(=O)O. The predicted octanol–water partition coefficient (Wildman–Crippen LogP) is 7.47. The minimum absolute atomic E-state index is 0.258. The average molecular weight is 389 g/mol. The second kappa shape index (κ2) is 19.4. The maximum atomic E-state index is 10.5. The summed E-state index contributed by atoms with van der Waals surface area (Å²) in [7, 11) is -3.83. The summed E-state index contributed by atoms with van der Waals surface area (Å²) in [4.78, 5) is 0. The summed E-state index contributed by atoms with van der Waals surface area (Å²) in [6, 6.07) is 0. The zero-order valence-electron chi connectivity index (χ0n) is 17.3. The van der Waals surface area contributed by atoms with Crippen LogP contribution in [0, 0.1) is 0 Å². The Balaban J connectivity index is 3.09. The fourth-order valence-electron chi connectivity index (χ4n) is 3.29. The minimum Gasteiger partial charge on any atom is -0.285 e. The van der Waals surface area contributed by atoms with E-state index in [2.05, 4.69) is 6.92 Å². The molecule has 0 aliphatic carbocycles. The van der Waals surface area contributed by atoms with Crippen LogP contribution in [0.25, 0.3) is 0 Å². The first-order chi connectivity index (χ1) is 12.6. The number of allylic oxidation sites excluding steroid dienone is 1. The third-order valence-corrected chi connectivity index (χ3v) is 5.56. The van der Waals surface area contributed by atoms with E-state index in [1.54, 1.807) is 6.08 Å². The van der Waals surface area contributed by atoms with Crippen LogP contribution in [0.5, 0.6) is 0 Å². The van der Waals surface area contributed by atoms with Gasteiger partial charge in [-0.3, -0.25) is 4.55 Å². The van der Waals surface area contributed by atoms with Gasteiger partial charge in [0.15, 0.2) is 0 Å². The second-order valence-corrected chi connectivity index (χ2v) is 9.16. The first kappa shape index (κ1) is 25.6. The molecule has 1 N–H and O–H groups in total. The Morgan fingerprint density at radius 1 is 0.577 bits per heavy atom. The fraction of sp³-hybridized carbons (Fsp3) is 0.909. The highest BCUT2D eigenvalue weighted by atomic mass is 32.2. The summed E-state index contributed by atoms with van der Waals surface area (Å²) < 4.78 is 29.6. The Hall–Kier alpha value is -0.350. The molecule has 0 saturated carbocycles. The third-order valence-electron chi connectivity index (χ3n) is 4.95. The molecule has 0 aliphatic heterocycles. The first-order valence-electron chi connectivity index (χ1n) is 11.2. The van der Waals surface area contributed by atoms with Crippen molar-refractivity contribution in [2.75, 3.05) is 5.75 Å². The quantitative estimate of drug-likeness (QED) is 0.134. The van der Waals surface area contributed by atoms with Crippen molar-refractivity contribution in [2.24, 2.45) is 0 Å². The van der Waals surface area contributed by atoms with Crippen LogP contribution in [0.4, 0.5) is 0 Å². The van der Waals surface area contributed by atoms with Gasteiger partial charge < -0.3 is 0 Å². The predicted molar refractivity (Wildman–Crippen MR) is 114 cm³/mol. The van der Waals surface area contributed by atoms with Gasteiger partial charge in [0, 0.05) is 0 Å². The number of hydrogen-bond acceptors (Lipinski definition) is 2. The molecule has 0 aromatic carbocycles. The largest absolute Gasteiger partial charge is 0.285 e. The van der Waals surface area contributed by atoms with Gasteiger partial charge in [0.2, 0.25) is 0 Å². The molecular formula is C22H44O3S. The molecule has 0 radical (unpaired) electrons. The van der Waals surface area contributed by atoms with Crippen LogP contribution in [-0.2, 0) is 10.1 Å². The molecule has 0 unspecified atom stereocenters. The highest BCUT2D eigenvalue weighted by Gasteiger charge is 1.98. The second-order valence-electron chi connectivity index (χ2n) is 7.67. The summed E-state index contributed by atoms with van der Waals surface area (Å²) in [6.45, 7) is 2.28. The molecule has 0 fully saturated rings. The lowest BCUT2D eigenvalue weighted by Gasteiger charge is -2.03. The van der Waals surface area contributed by atoms with Crippen LogP contribution in [-0.4, -0.2) is 18.7 Å². The lowest BCUT2D eigenvalue weighted by atomic mass is 10.0. The van der Waals surface area contributed by atoms with Gasteiger partial charge in [-0.05, 0) is 12.8 Å². The number of hydrogen-bond donors (Lipinski definition) is 1. The molecule has 0 aromatic rings. The van der Waals surface area contributed by atoms with Gasteiger partial charge in [-0.15, -0.1) is 0 Å². The standard InChI is InChI=1S/C22H44O3S/c1-2-3-4-5-6-7-8-9-10-11-12-13-14-15-16-17-18-19-20-21-22-26(23,24)25/h20-21H,2-19,22H2,1H3,(H,23,24,25). The van der Waals surface area contributed by atoms with Gasteiger partial charge >= 0.3 is 0 Å². The van der Waals surface area contributed by atoms with Gasteiger partial charge in [0.25, 0.3) is 10.1 Å². The normalized spacial score (nSPS) is 12.2. The van der Waals surface area contributed by atoms with Crippen molar-refractivity contribution in [1.82, 2.24) is 0 Å². The Bertz CT molecular complexity index is 402. The molecule has 0 bridgehead atoms. The van der Waals surface area contributed by atoms with E-state index in [1.165, 1.54) is 103 Å². The summed E-state index contributed by atoms with van der Waals surface area (Å²) in [6.07, 6.45) is 27.6. The minimum atomic E-state index is -3.83. The topological polar surface area (TPSA) is 54.4 Å². The van der Waals surface area contributed by atoms with Crippen LogP contribution in [0.1, 0.15) is 122 Å². The Morgan fingerprint density at radius 2 is 0.923 bits per heavy atom. The fourth-order valence-corrected chi connectivity index (χ4v) is 3.67. The van der Waals surface area contributed by atoms with E-state index in [-0.39, 0.29) is 5.75 Å². The van der Waals surface area contributed by atoms with Crippen molar-refractivity contribution in [3.05, 3.63) is 12.2 Å². The molecule has 0 spiro atoms. The molecule has 26 heavy (non-hydrogen) atoms. The van der Waals surface area contributed by atoms with E-state index < -0.39 is 10.1 Å². The highest BCUT2D eigenvalue weighted by Crippen LogP contribution is 2.14. The van der Waals surface area contributed by atoms with Crippen LogP contribution in [0.3, 0.4) is 0 Å². The molecule has 4 heteroatoms. The van der Waals surface area contributed by atoms with Crippen LogP contribution < -0.4 is 0 Å². The Morgan fingerprint density at radius 3 is 1.27 bits per heavy atom. The highest BCUT2D eigenvalue weighted by molar-refractivity contribution is 7.85. The Labute approximate surface area is 163 Å². The van der Waals surface area contributed by atoms with Crippen LogP contribution in [0.15, 0.2) is 12.2 Å². The van der Waals surface area contributed by atoms with Crippen molar-refractivity contribution in [3.8, 4) is 0 Å². The van der Waals surface area contributed by atoms with Crippen LogP contribution >= 0.6 is 0 Å². The Kier molecular flexibility index (Phi) is 19.2. The van der Waals surface area contributed by atoms with Crippen molar-refractivity contribution in [1.29, 1.82) is 0 Å². The van der Waals surface area contributed by atoms with E-state index in [9.17, 15) is 8.42 Å². The molecule has 0 rings (SSSR count). The molecule has 0 heterocycles. The number of rotatable bonds is 20. The monoisotopic (exact) mass is 388 g/mol. The van der Waals surface area contributed by atoms with Gasteiger partial charge in [0.1, 0.15) is 0 Å². The molecule has 0 aliphatic rings. The van der Waals surface area contributed by atoms with Crippen molar-refractivity contribution in [2.45, 2.75) is 122 Å². The summed E-state index contributed by atoms with van der Waals surface area (Å²) >= 11 is 0. The smallest absolute Gasteiger partial charge is 0.268 e. The summed E-state index contributed by atoms with van der Waals surface area (Å²) in [5.41, 5.74) is 0. The summed E-state index contributed by atoms with van der Waals surface area (Å²) in [5.74, 6) is -0.258. The van der Waals surface area contributed by atoms with Crippen molar-refractivity contribution >= 4 is 10.1 Å². The van der Waals surface area contributed by atoms with Gasteiger partial charge in [-0.25, -0.2) is 0 Å². The lowest BCUT2D eigenvalue weighted by Crippen LogP contribution is -1.99. The zero-order valence-corrected chi connectivity index (χ0v) is 18.1. The molecule has 0 aromatic heterocycles. The van der Waals surface area contributed by atoms with E-state index in [0.717, 1.165) is 12.8 Å². The molecule has 3 nitrogen and oxygen atoms in total. The molecule has 0 amide bonds. The van der Waals surface area contributed by atoms with Crippen LogP contribution in [0.2, 0.25) is 0 Å². The van der Waals surface area contributed by atoms with E-state index >= 15 is 0 Å². The first-order valence-corrected chi connectivity index (χ1v) is 12.8. The maximum absolute atomic E-state index is 10.5. The van der Waals surface area contributed by atoms with E-state index in [1.807, 2.05) is 6.08 Å². The third kappa shape index (κ3) is 23.6. The van der Waals surface area contributed by atoms with E-state index in [4.69, 9.17) is 4.55 Å². The molecular weight excluding hydrogens is 344 g/mol. The van der Waals surface area contributed by atoms with Crippen molar-refractivity contribution < 1.29 is 13.0 Å². The summed E-state index contributed by atoms with van der Waals surface area (Å²) in [5, 5.41) is 0. The lowest BCUT2D eigenvalue weighted by molar-refractivity contribution is 0.486.